The molecule has 0 aliphatic heterocycles. The first-order valence-electron chi connectivity index (χ1n) is 3.34. The molecule has 0 aliphatic carbocycles. The molecule has 0 heterocycles. The summed E-state index contributed by atoms with van der Waals surface area (Å²) in [6.45, 7) is -0.380. The zero-order valence-electron chi connectivity index (χ0n) is 6.17. The summed E-state index contributed by atoms with van der Waals surface area (Å²) >= 11 is 8.62. The third-order valence-electron chi connectivity index (χ3n) is 1.50. The molecule has 0 radical (unpaired) electrons. The van der Waals surface area contributed by atoms with Crippen molar-refractivity contribution in [2.45, 2.75) is 4.51 Å². The number of rotatable bonds is 2. The van der Waals surface area contributed by atoms with E-state index in [2.05, 4.69) is 15.9 Å². The molecular weight excluding hydrogens is 243 g/mol. The number of aliphatic hydroxyl groups excluding tert-OH is 1. The second kappa shape index (κ2) is 3.75. The molecule has 12 heavy (non-hydrogen) atoms. The Morgan fingerprint density at radius 2 is 1.83 bits per heavy atom. The van der Waals surface area contributed by atoms with Crippen LogP contribution in [0, 0.1) is 0 Å². The second-order valence-corrected chi connectivity index (χ2v) is 4.17. The van der Waals surface area contributed by atoms with E-state index in [9.17, 15) is 5.11 Å². The van der Waals surface area contributed by atoms with Crippen LogP contribution in [0.3, 0.4) is 0 Å². The summed E-state index contributed by atoms with van der Waals surface area (Å²) in [4.78, 5) is 0. The van der Waals surface area contributed by atoms with E-state index in [4.69, 9.17) is 16.7 Å². The van der Waals surface area contributed by atoms with Crippen molar-refractivity contribution < 1.29 is 10.2 Å². The van der Waals surface area contributed by atoms with Gasteiger partial charge in [-0.1, -0.05) is 23.7 Å². The van der Waals surface area contributed by atoms with E-state index < -0.39 is 4.51 Å². The summed E-state index contributed by atoms with van der Waals surface area (Å²) in [6.07, 6.45) is 0. The zero-order valence-corrected chi connectivity index (χ0v) is 8.51. The molecule has 0 aromatic heterocycles. The Bertz CT molecular complexity index is 258. The van der Waals surface area contributed by atoms with Crippen LogP contribution in [0.25, 0.3) is 0 Å². The van der Waals surface area contributed by atoms with Crippen molar-refractivity contribution in [1.29, 1.82) is 0 Å². The molecule has 0 bridgehead atoms. The largest absolute Gasteiger partial charge is 0.392 e. The fraction of sp³-hybridized carbons (Fsp3) is 0.250. The summed E-state index contributed by atoms with van der Waals surface area (Å²) in [6, 6.07) is 6.60. The smallest absolute Gasteiger partial charge is 0.167 e. The molecule has 66 valence electrons. The molecule has 0 spiro atoms. The van der Waals surface area contributed by atoms with Gasteiger partial charge in [-0.2, -0.15) is 0 Å². The van der Waals surface area contributed by atoms with Gasteiger partial charge in [0.2, 0.25) is 0 Å². The van der Waals surface area contributed by atoms with Crippen LogP contribution >= 0.6 is 27.5 Å². The lowest BCUT2D eigenvalue weighted by Crippen LogP contribution is -2.21. The lowest BCUT2D eigenvalue weighted by atomic mass is 10.1. The molecule has 0 aliphatic rings. The maximum atomic E-state index is 9.51. The SMILES string of the molecule is OCC(O)(Br)c1ccc(Cl)cc1. The zero-order chi connectivity index (χ0) is 9.19. The molecule has 0 saturated heterocycles. The van der Waals surface area contributed by atoms with Gasteiger partial charge >= 0.3 is 0 Å². The van der Waals surface area contributed by atoms with Crippen LogP contribution in [-0.2, 0) is 4.51 Å². The molecule has 1 aromatic carbocycles. The summed E-state index contributed by atoms with van der Waals surface area (Å²) < 4.78 is -1.36. The number of halogens is 2. The highest BCUT2D eigenvalue weighted by Crippen LogP contribution is 2.28. The van der Waals surface area contributed by atoms with Crippen LogP contribution in [0.5, 0.6) is 0 Å². The van der Waals surface area contributed by atoms with E-state index in [-0.39, 0.29) is 6.61 Å². The first-order valence-corrected chi connectivity index (χ1v) is 4.51. The van der Waals surface area contributed by atoms with E-state index in [0.717, 1.165) is 0 Å². The Labute approximate surface area is 83.9 Å². The van der Waals surface area contributed by atoms with Crippen molar-refractivity contribution >= 4 is 27.5 Å². The molecular formula is C8H8BrClO2. The van der Waals surface area contributed by atoms with Gasteiger partial charge in [0.25, 0.3) is 0 Å². The van der Waals surface area contributed by atoms with Gasteiger partial charge in [-0.3, -0.25) is 0 Å². The monoisotopic (exact) mass is 250 g/mol. The molecule has 1 unspecified atom stereocenters. The van der Waals surface area contributed by atoms with Crippen molar-refractivity contribution in [2.75, 3.05) is 6.61 Å². The Kier molecular flexibility index (Phi) is 3.12. The van der Waals surface area contributed by atoms with Gasteiger partial charge in [-0.05, 0) is 33.6 Å². The minimum absolute atomic E-state index is 0.380. The Morgan fingerprint density at radius 1 is 1.33 bits per heavy atom. The summed E-state index contributed by atoms with van der Waals surface area (Å²) in [7, 11) is 0. The number of hydrogen-bond acceptors (Lipinski definition) is 2. The van der Waals surface area contributed by atoms with Gasteiger partial charge < -0.3 is 10.2 Å². The first kappa shape index (κ1) is 9.99. The van der Waals surface area contributed by atoms with Crippen molar-refractivity contribution in [3.63, 3.8) is 0 Å². The van der Waals surface area contributed by atoms with Gasteiger partial charge in [0.15, 0.2) is 4.51 Å². The molecule has 4 heteroatoms. The standard InChI is InChI=1S/C8H8BrClO2/c9-8(12,5-11)6-1-3-7(10)4-2-6/h1-4,11-12H,5H2. The van der Waals surface area contributed by atoms with Crippen LogP contribution in [0.1, 0.15) is 5.56 Å². The van der Waals surface area contributed by atoms with Gasteiger partial charge in [0, 0.05) is 5.02 Å². The molecule has 0 saturated carbocycles. The predicted molar refractivity (Wildman–Crippen MR) is 51.4 cm³/mol. The lowest BCUT2D eigenvalue weighted by Gasteiger charge is -2.18. The van der Waals surface area contributed by atoms with E-state index in [1.54, 1.807) is 24.3 Å². The Morgan fingerprint density at radius 3 is 2.25 bits per heavy atom. The highest BCUT2D eigenvalue weighted by molar-refractivity contribution is 9.09. The van der Waals surface area contributed by atoms with Crippen molar-refractivity contribution in [2.24, 2.45) is 0 Å². The van der Waals surface area contributed by atoms with E-state index in [1.165, 1.54) is 0 Å². The van der Waals surface area contributed by atoms with Crippen LogP contribution in [0.15, 0.2) is 24.3 Å². The highest BCUT2D eigenvalue weighted by atomic mass is 79.9. The maximum absolute atomic E-state index is 9.51. The fourth-order valence-corrected chi connectivity index (χ4v) is 1.19. The molecule has 0 fully saturated rings. The molecule has 0 amide bonds. The van der Waals surface area contributed by atoms with Crippen LogP contribution < -0.4 is 0 Å². The average Bonchev–Trinajstić information content (AvgIpc) is 2.05. The average molecular weight is 252 g/mol. The van der Waals surface area contributed by atoms with Crippen molar-refractivity contribution in [3.05, 3.63) is 34.9 Å². The number of aliphatic hydroxyl groups is 2. The second-order valence-electron chi connectivity index (χ2n) is 2.42. The molecule has 1 rings (SSSR count). The van der Waals surface area contributed by atoms with Crippen LogP contribution in [0.2, 0.25) is 5.02 Å². The number of hydrogen-bond donors (Lipinski definition) is 2. The lowest BCUT2D eigenvalue weighted by molar-refractivity contribution is 0.0696. The van der Waals surface area contributed by atoms with Gasteiger partial charge in [0.1, 0.15) is 0 Å². The number of benzene rings is 1. The summed E-state index contributed by atoms with van der Waals surface area (Å²) in [5.41, 5.74) is 0.578. The number of alkyl halides is 1. The van der Waals surface area contributed by atoms with E-state index in [0.29, 0.717) is 10.6 Å². The first-order chi connectivity index (χ1) is 5.56. The van der Waals surface area contributed by atoms with Crippen LogP contribution in [0.4, 0.5) is 0 Å². The molecule has 1 atom stereocenters. The Hall–Kier alpha value is -0.0900. The Balaban J connectivity index is 2.96. The quantitative estimate of drug-likeness (QED) is 0.788. The van der Waals surface area contributed by atoms with Crippen LogP contribution in [-0.4, -0.2) is 16.8 Å². The molecule has 1 aromatic rings. The minimum atomic E-state index is -1.36. The maximum Gasteiger partial charge on any atom is 0.167 e. The molecule has 2 N–H and O–H groups in total. The van der Waals surface area contributed by atoms with Crippen molar-refractivity contribution in [3.8, 4) is 0 Å². The van der Waals surface area contributed by atoms with Gasteiger partial charge in [-0.15, -0.1) is 0 Å². The third-order valence-corrected chi connectivity index (χ3v) is 2.46. The normalized spacial score (nSPS) is 15.7. The topological polar surface area (TPSA) is 40.5 Å². The molecule has 2 nitrogen and oxygen atoms in total. The minimum Gasteiger partial charge on any atom is -0.392 e. The van der Waals surface area contributed by atoms with Crippen molar-refractivity contribution in [1.82, 2.24) is 0 Å². The summed E-state index contributed by atoms with van der Waals surface area (Å²) in [5, 5.41) is 18.9. The van der Waals surface area contributed by atoms with E-state index in [1.807, 2.05) is 0 Å². The predicted octanol–water partition coefficient (Wildman–Crippen LogP) is 1.87. The highest BCUT2D eigenvalue weighted by Gasteiger charge is 2.23. The van der Waals surface area contributed by atoms with E-state index >= 15 is 0 Å². The van der Waals surface area contributed by atoms with Gasteiger partial charge in [-0.25, -0.2) is 0 Å². The fourth-order valence-electron chi connectivity index (χ4n) is 0.797. The van der Waals surface area contributed by atoms with Gasteiger partial charge in [0.05, 0.1) is 6.61 Å². The third kappa shape index (κ3) is 2.20. The summed E-state index contributed by atoms with van der Waals surface area (Å²) in [5.74, 6) is 0.